The van der Waals surface area contributed by atoms with E-state index >= 15 is 0 Å². The van der Waals surface area contributed by atoms with Crippen LogP contribution in [0.15, 0.2) is 0 Å². The molecule has 0 aromatic heterocycles. The molecule has 0 fully saturated rings. The molecule has 0 saturated carbocycles. The average Bonchev–Trinajstić information content (AvgIpc) is 2.53. The van der Waals surface area contributed by atoms with Gasteiger partial charge < -0.3 is 4.74 Å². The largest absolute Gasteiger partial charge is 0.459 e. The summed E-state index contributed by atoms with van der Waals surface area (Å²) in [4.78, 5) is 10.9. The third kappa shape index (κ3) is 15.4. The second-order valence-electron chi connectivity index (χ2n) is 6.34. The number of carbonyl (C=O) groups excluding carboxylic acids is 1. The normalized spacial score (nSPS) is 11.6. The molecule has 2 heteroatoms. The van der Waals surface area contributed by atoms with E-state index < -0.39 is 5.97 Å². The third-order valence-electron chi connectivity index (χ3n) is 4.10. The number of methoxy groups -OCH3 is 1. The van der Waals surface area contributed by atoms with Crippen molar-refractivity contribution in [1.82, 2.24) is 0 Å². The molecule has 0 amide bonds. The monoisotopic (exact) mass is 308 g/mol. The van der Waals surface area contributed by atoms with Gasteiger partial charge in [0, 0.05) is 11.8 Å². The fourth-order valence-corrected chi connectivity index (χ4v) is 2.60. The van der Waals surface area contributed by atoms with Gasteiger partial charge in [0.25, 0.3) is 0 Å². The second-order valence-corrected chi connectivity index (χ2v) is 6.34. The van der Waals surface area contributed by atoms with Gasteiger partial charge in [-0.3, -0.25) is 0 Å². The molecule has 0 saturated heterocycles. The zero-order valence-corrected chi connectivity index (χ0v) is 15.1. The number of carbonyl (C=O) groups is 1. The lowest BCUT2D eigenvalue weighted by Gasteiger charge is -2.04. The zero-order valence-electron chi connectivity index (χ0n) is 15.1. The average molecular weight is 309 g/mol. The second kappa shape index (κ2) is 16.4. The number of ether oxygens (including phenoxy) is 1. The van der Waals surface area contributed by atoms with Gasteiger partial charge in [-0.1, -0.05) is 96.8 Å². The van der Waals surface area contributed by atoms with Crippen molar-refractivity contribution < 1.29 is 9.53 Å². The summed E-state index contributed by atoms with van der Waals surface area (Å²) in [6.45, 7) is 4.35. The molecule has 1 unspecified atom stereocenters. The Morgan fingerprint density at radius 3 is 1.77 bits per heavy atom. The van der Waals surface area contributed by atoms with Crippen LogP contribution in [0.1, 0.15) is 97.3 Å². The standard InChI is InChI=1S/C20H36O2/c1-4-5-6-7-8-9-10-11-12-13-14-15-16-19(2)17-18-20(21)22-3/h19H,4-16H2,1-3H3. The molecule has 22 heavy (non-hydrogen) atoms. The first-order valence-corrected chi connectivity index (χ1v) is 9.30. The Morgan fingerprint density at radius 1 is 0.864 bits per heavy atom. The maximum absolute atomic E-state index is 10.9. The molecule has 2 nitrogen and oxygen atoms in total. The van der Waals surface area contributed by atoms with E-state index in [-0.39, 0.29) is 0 Å². The molecular weight excluding hydrogens is 272 g/mol. The quantitative estimate of drug-likeness (QED) is 0.183. The Balaban J connectivity index is 3.26. The van der Waals surface area contributed by atoms with E-state index in [9.17, 15) is 4.79 Å². The van der Waals surface area contributed by atoms with E-state index in [1.54, 1.807) is 0 Å². The van der Waals surface area contributed by atoms with E-state index in [4.69, 9.17) is 0 Å². The Hall–Kier alpha value is -0.970. The predicted octanol–water partition coefficient (Wildman–Crippen LogP) is 5.89. The van der Waals surface area contributed by atoms with Crippen molar-refractivity contribution in [2.75, 3.05) is 7.11 Å². The van der Waals surface area contributed by atoms with Gasteiger partial charge in [-0.25, -0.2) is 4.79 Å². The number of unbranched alkanes of at least 4 members (excludes halogenated alkanes) is 11. The summed E-state index contributed by atoms with van der Waals surface area (Å²) in [5, 5.41) is 0. The summed E-state index contributed by atoms with van der Waals surface area (Å²) >= 11 is 0. The van der Waals surface area contributed by atoms with Crippen LogP contribution in [0.5, 0.6) is 0 Å². The topological polar surface area (TPSA) is 26.3 Å². The number of rotatable bonds is 13. The molecule has 0 aliphatic rings. The minimum Gasteiger partial charge on any atom is -0.459 e. The Bertz CT molecular complexity index is 311. The fourth-order valence-electron chi connectivity index (χ4n) is 2.60. The van der Waals surface area contributed by atoms with E-state index in [0.29, 0.717) is 5.92 Å². The minimum absolute atomic E-state index is 0.294. The molecular formula is C20H36O2. The molecule has 0 aromatic rings. The third-order valence-corrected chi connectivity index (χ3v) is 4.10. The lowest BCUT2D eigenvalue weighted by molar-refractivity contribution is -0.133. The van der Waals surface area contributed by atoms with Crippen LogP contribution < -0.4 is 0 Å². The van der Waals surface area contributed by atoms with E-state index in [0.717, 1.165) is 6.42 Å². The van der Waals surface area contributed by atoms with Crippen molar-refractivity contribution in [1.29, 1.82) is 0 Å². The van der Waals surface area contributed by atoms with E-state index in [1.165, 1.54) is 84.2 Å². The van der Waals surface area contributed by atoms with Crippen molar-refractivity contribution in [3.63, 3.8) is 0 Å². The summed E-state index contributed by atoms with van der Waals surface area (Å²) in [6.07, 6.45) is 17.6. The predicted molar refractivity (Wildman–Crippen MR) is 94.7 cm³/mol. The molecule has 0 spiro atoms. The fraction of sp³-hybridized carbons (Fsp3) is 0.850. The van der Waals surface area contributed by atoms with Gasteiger partial charge in [-0.15, -0.1) is 0 Å². The van der Waals surface area contributed by atoms with Gasteiger partial charge in [0.15, 0.2) is 0 Å². The summed E-state index contributed by atoms with van der Waals surface area (Å²) < 4.78 is 4.51. The van der Waals surface area contributed by atoms with Gasteiger partial charge in [-0.2, -0.15) is 0 Å². The molecule has 0 aliphatic carbocycles. The van der Waals surface area contributed by atoms with Gasteiger partial charge >= 0.3 is 5.97 Å². The van der Waals surface area contributed by atoms with E-state index in [2.05, 4.69) is 30.4 Å². The van der Waals surface area contributed by atoms with E-state index in [1.807, 2.05) is 0 Å². The lowest BCUT2D eigenvalue weighted by atomic mass is 10.0. The van der Waals surface area contributed by atoms with Crippen molar-refractivity contribution in [2.45, 2.75) is 97.3 Å². The highest BCUT2D eigenvalue weighted by Crippen LogP contribution is 2.14. The highest BCUT2D eigenvalue weighted by atomic mass is 16.5. The number of esters is 1. The van der Waals surface area contributed by atoms with Crippen LogP contribution in [-0.4, -0.2) is 13.1 Å². The maximum Gasteiger partial charge on any atom is 0.384 e. The Morgan fingerprint density at radius 2 is 1.32 bits per heavy atom. The highest BCUT2D eigenvalue weighted by molar-refractivity contribution is 5.88. The first kappa shape index (κ1) is 21.0. The first-order chi connectivity index (χ1) is 10.7. The summed E-state index contributed by atoms with van der Waals surface area (Å²) in [7, 11) is 1.37. The van der Waals surface area contributed by atoms with Gasteiger partial charge in [0.05, 0.1) is 7.11 Å². The molecule has 0 heterocycles. The maximum atomic E-state index is 10.9. The zero-order chi connectivity index (χ0) is 16.5. The van der Waals surface area contributed by atoms with Crippen molar-refractivity contribution in [3.05, 3.63) is 0 Å². The lowest BCUT2D eigenvalue weighted by Crippen LogP contribution is -1.97. The molecule has 0 rings (SSSR count). The first-order valence-electron chi connectivity index (χ1n) is 9.30. The number of hydrogen-bond acceptors (Lipinski definition) is 2. The van der Waals surface area contributed by atoms with Gasteiger partial charge in [0.1, 0.15) is 0 Å². The molecule has 0 N–H and O–H groups in total. The summed E-state index contributed by atoms with van der Waals surface area (Å²) in [5.41, 5.74) is 0. The van der Waals surface area contributed by atoms with Crippen LogP contribution in [0, 0.1) is 17.8 Å². The minimum atomic E-state index is -0.429. The van der Waals surface area contributed by atoms with Gasteiger partial charge in [-0.05, 0) is 6.42 Å². The van der Waals surface area contributed by atoms with Crippen molar-refractivity contribution in [3.8, 4) is 11.8 Å². The molecule has 0 bridgehead atoms. The SMILES string of the molecule is CCCCCCCCCCCCCCC(C)C#CC(=O)OC. The van der Waals surface area contributed by atoms with Crippen molar-refractivity contribution in [2.24, 2.45) is 5.92 Å². The summed E-state index contributed by atoms with van der Waals surface area (Å²) in [6, 6.07) is 0. The van der Waals surface area contributed by atoms with Crippen LogP contribution in [0.3, 0.4) is 0 Å². The van der Waals surface area contributed by atoms with Crippen LogP contribution in [0.25, 0.3) is 0 Å². The van der Waals surface area contributed by atoms with Crippen LogP contribution >= 0.6 is 0 Å². The van der Waals surface area contributed by atoms with Gasteiger partial charge in [0.2, 0.25) is 0 Å². The smallest absolute Gasteiger partial charge is 0.384 e. The molecule has 0 radical (unpaired) electrons. The van der Waals surface area contributed by atoms with Crippen LogP contribution in [0.2, 0.25) is 0 Å². The van der Waals surface area contributed by atoms with Crippen molar-refractivity contribution >= 4 is 5.97 Å². The molecule has 0 aromatic carbocycles. The molecule has 0 aliphatic heterocycles. The Labute approximate surface area is 138 Å². The highest BCUT2D eigenvalue weighted by Gasteiger charge is 1.99. The van der Waals surface area contributed by atoms with Crippen LogP contribution in [-0.2, 0) is 9.53 Å². The molecule has 1 atom stereocenters. The molecule has 128 valence electrons. The van der Waals surface area contributed by atoms with Crippen LogP contribution in [0.4, 0.5) is 0 Å². The Kier molecular flexibility index (Phi) is 15.7. The summed E-state index contributed by atoms with van der Waals surface area (Å²) in [5.74, 6) is 5.33. The number of hydrogen-bond donors (Lipinski definition) is 0.